The number of rotatable bonds is 5. The molecule has 0 aliphatic rings. The van der Waals surface area contributed by atoms with Crippen LogP contribution in [-0.2, 0) is 4.79 Å². The van der Waals surface area contributed by atoms with Crippen LogP contribution in [0.5, 0.6) is 0 Å². The van der Waals surface area contributed by atoms with Gasteiger partial charge in [-0.05, 0) is 49.2 Å². The fraction of sp³-hybridized carbons (Fsp3) is 0.167. The summed E-state index contributed by atoms with van der Waals surface area (Å²) in [6, 6.07) is 8.95. The molecule has 0 aliphatic carbocycles. The predicted molar refractivity (Wildman–Crippen MR) is 96.5 cm³/mol. The third-order valence-corrected chi connectivity index (χ3v) is 4.77. The first-order valence-corrected chi connectivity index (χ1v) is 8.78. The molecule has 26 heavy (non-hydrogen) atoms. The van der Waals surface area contributed by atoms with E-state index in [0.717, 1.165) is 23.4 Å². The Labute approximate surface area is 153 Å². The van der Waals surface area contributed by atoms with Gasteiger partial charge in [0.15, 0.2) is 5.16 Å². The zero-order valence-corrected chi connectivity index (χ0v) is 15.0. The predicted octanol–water partition coefficient (Wildman–Crippen LogP) is 3.89. The summed E-state index contributed by atoms with van der Waals surface area (Å²) in [7, 11) is 0. The maximum absolute atomic E-state index is 13.6. The summed E-state index contributed by atoms with van der Waals surface area (Å²) in [5, 5.41) is 10.9. The van der Waals surface area contributed by atoms with E-state index in [1.165, 1.54) is 23.4 Å². The van der Waals surface area contributed by atoms with E-state index in [0.29, 0.717) is 5.16 Å². The number of aryl methyl sites for hydroxylation is 2. The fourth-order valence-electron chi connectivity index (χ4n) is 2.28. The minimum Gasteiger partial charge on any atom is -0.323 e. The van der Waals surface area contributed by atoms with Crippen LogP contribution in [0.25, 0.3) is 5.69 Å². The van der Waals surface area contributed by atoms with Crippen molar-refractivity contribution in [3.8, 4) is 5.69 Å². The Morgan fingerprint density at radius 3 is 2.69 bits per heavy atom. The van der Waals surface area contributed by atoms with Gasteiger partial charge in [0.25, 0.3) is 0 Å². The molecule has 3 rings (SSSR count). The zero-order chi connectivity index (χ0) is 18.7. The van der Waals surface area contributed by atoms with Crippen LogP contribution in [0.1, 0.15) is 11.1 Å². The first kappa shape index (κ1) is 18.1. The molecule has 3 aromatic rings. The Morgan fingerprint density at radius 2 is 1.96 bits per heavy atom. The lowest BCUT2D eigenvalue weighted by atomic mass is 10.1. The first-order chi connectivity index (χ1) is 12.4. The number of benzene rings is 2. The van der Waals surface area contributed by atoms with Gasteiger partial charge in [-0.1, -0.05) is 17.8 Å². The van der Waals surface area contributed by atoms with E-state index in [1.807, 2.05) is 32.0 Å². The maximum atomic E-state index is 13.6. The van der Waals surface area contributed by atoms with Crippen LogP contribution in [0.4, 0.5) is 14.5 Å². The fourth-order valence-corrected chi connectivity index (χ4v) is 3.01. The molecule has 0 bridgehead atoms. The van der Waals surface area contributed by atoms with Crippen molar-refractivity contribution in [3.05, 3.63) is 65.5 Å². The Bertz CT molecular complexity index is 958. The summed E-state index contributed by atoms with van der Waals surface area (Å²) in [6.07, 6.45) is 1.57. The molecular formula is C18H16F2N4OS. The molecule has 2 aromatic carbocycles. The number of hydrogen-bond acceptors (Lipinski definition) is 4. The summed E-state index contributed by atoms with van der Waals surface area (Å²) in [5.41, 5.74) is 3.15. The minimum absolute atomic E-state index is 0.0142. The number of nitrogens with zero attached hydrogens (tertiary/aromatic N) is 3. The van der Waals surface area contributed by atoms with Gasteiger partial charge in [-0.15, -0.1) is 10.2 Å². The molecule has 0 spiro atoms. The van der Waals surface area contributed by atoms with Crippen LogP contribution in [0.15, 0.2) is 47.9 Å². The lowest BCUT2D eigenvalue weighted by molar-refractivity contribution is -0.113. The van der Waals surface area contributed by atoms with Crippen LogP contribution in [0, 0.1) is 25.5 Å². The second kappa shape index (κ2) is 7.65. The Balaban J connectivity index is 1.68. The molecule has 0 fully saturated rings. The summed E-state index contributed by atoms with van der Waals surface area (Å²) >= 11 is 1.18. The quantitative estimate of drug-likeness (QED) is 0.688. The number of amides is 1. The number of nitrogens with one attached hydrogen (secondary N) is 1. The Morgan fingerprint density at radius 1 is 1.15 bits per heavy atom. The van der Waals surface area contributed by atoms with Gasteiger partial charge in [0.2, 0.25) is 5.91 Å². The third kappa shape index (κ3) is 4.08. The van der Waals surface area contributed by atoms with Crippen molar-refractivity contribution in [2.45, 2.75) is 19.0 Å². The molecule has 134 valence electrons. The van der Waals surface area contributed by atoms with Gasteiger partial charge in [0.05, 0.1) is 11.4 Å². The highest BCUT2D eigenvalue weighted by Crippen LogP contribution is 2.22. The van der Waals surface area contributed by atoms with E-state index in [-0.39, 0.29) is 11.4 Å². The second-order valence-corrected chi connectivity index (χ2v) is 6.66. The lowest BCUT2D eigenvalue weighted by Crippen LogP contribution is -2.15. The number of hydrogen-bond donors (Lipinski definition) is 1. The highest BCUT2D eigenvalue weighted by atomic mass is 32.2. The van der Waals surface area contributed by atoms with Crippen molar-refractivity contribution in [1.29, 1.82) is 0 Å². The standard InChI is InChI=1S/C18H16F2N4OS/c1-11-3-5-14(7-12(11)2)24-10-21-23-18(24)26-9-17(25)22-16-6-4-13(19)8-15(16)20/h3-8,10H,9H2,1-2H3,(H,22,25). The molecule has 1 heterocycles. The number of carbonyl (C=O) groups is 1. The van der Waals surface area contributed by atoms with Crippen molar-refractivity contribution >= 4 is 23.4 Å². The van der Waals surface area contributed by atoms with Crippen LogP contribution in [-0.4, -0.2) is 26.4 Å². The van der Waals surface area contributed by atoms with E-state index >= 15 is 0 Å². The molecule has 0 aliphatic heterocycles. The van der Waals surface area contributed by atoms with Gasteiger partial charge in [0.1, 0.15) is 18.0 Å². The number of halogens is 2. The molecule has 8 heteroatoms. The van der Waals surface area contributed by atoms with Crippen LogP contribution < -0.4 is 5.32 Å². The average Bonchev–Trinajstić information content (AvgIpc) is 3.06. The van der Waals surface area contributed by atoms with Crippen LogP contribution in [0.3, 0.4) is 0 Å². The van der Waals surface area contributed by atoms with Crippen molar-refractivity contribution in [1.82, 2.24) is 14.8 Å². The summed E-state index contributed by atoms with van der Waals surface area (Å²) < 4.78 is 28.3. The molecular weight excluding hydrogens is 358 g/mol. The molecule has 0 unspecified atom stereocenters. The summed E-state index contributed by atoms with van der Waals surface area (Å²) in [4.78, 5) is 12.0. The van der Waals surface area contributed by atoms with Crippen LogP contribution in [0.2, 0.25) is 0 Å². The molecule has 0 atom stereocenters. The first-order valence-electron chi connectivity index (χ1n) is 7.79. The summed E-state index contributed by atoms with van der Waals surface area (Å²) in [6.45, 7) is 4.04. The number of thioether (sulfide) groups is 1. The van der Waals surface area contributed by atoms with E-state index in [2.05, 4.69) is 15.5 Å². The van der Waals surface area contributed by atoms with Crippen molar-refractivity contribution in [3.63, 3.8) is 0 Å². The number of anilines is 1. The third-order valence-electron chi connectivity index (χ3n) is 3.82. The highest BCUT2D eigenvalue weighted by molar-refractivity contribution is 7.99. The maximum Gasteiger partial charge on any atom is 0.234 e. The van der Waals surface area contributed by atoms with E-state index in [9.17, 15) is 13.6 Å². The molecule has 0 radical (unpaired) electrons. The summed E-state index contributed by atoms with van der Waals surface area (Å²) in [5.74, 6) is -1.92. The minimum atomic E-state index is -0.818. The highest BCUT2D eigenvalue weighted by Gasteiger charge is 2.12. The average molecular weight is 374 g/mol. The molecule has 0 saturated heterocycles. The van der Waals surface area contributed by atoms with E-state index in [1.54, 1.807) is 10.9 Å². The topological polar surface area (TPSA) is 59.8 Å². The van der Waals surface area contributed by atoms with Crippen molar-refractivity contribution in [2.24, 2.45) is 0 Å². The van der Waals surface area contributed by atoms with Gasteiger partial charge in [-0.25, -0.2) is 8.78 Å². The van der Waals surface area contributed by atoms with Crippen molar-refractivity contribution in [2.75, 3.05) is 11.1 Å². The van der Waals surface area contributed by atoms with E-state index < -0.39 is 17.5 Å². The van der Waals surface area contributed by atoms with Gasteiger partial charge in [0, 0.05) is 11.8 Å². The zero-order valence-electron chi connectivity index (χ0n) is 14.2. The molecule has 0 saturated carbocycles. The van der Waals surface area contributed by atoms with E-state index in [4.69, 9.17) is 0 Å². The van der Waals surface area contributed by atoms with Gasteiger partial charge in [-0.3, -0.25) is 9.36 Å². The van der Waals surface area contributed by atoms with Crippen LogP contribution >= 0.6 is 11.8 Å². The van der Waals surface area contributed by atoms with Gasteiger partial charge < -0.3 is 5.32 Å². The second-order valence-electron chi connectivity index (χ2n) is 5.71. The van der Waals surface area contributed by atoms with Crippen molar-refractivity contribution < 1.29 is 13.6 Å². The molecule has 1 N–H and O–H groups in total. The molecule has 1 aromatic heterocycles. The Hall–Kier alpha value is -2.74. The normalized spacial score (nSPS) is 10.8. The SMILES string of the molecule is Cc1ccc(-n2cnnc2SCC(=O)Nc2ccc(F)cc2F)cc1C. The number of carbonyl (C=O) groups excluding carboxylic acids is 1. The van der Waals surface area contributed by atoms with Gasteiger partial charge in [-0.2, -0.15) is 0 Å². The number of aromatic nitrogens is 3. The monoisotopic (exact) mass is 374 g/mol. The smallest absolute Gasteiger partial charge is 0.234 e. The Kier molecular flexibility index (Phi) is 5.32. The lowest BCUT2D eigenvalue weighted by Gasteiger charge is -2.09. The molecule has 1 amide bonds. The largest absolute Gasteiger partial charge is 0.323 e. The van der Waals surface area contributed by atoms with Gasteiger partial charge >= 0.3 is 0 Å². The molecule has 5 nitrogen and oxygen atoms in total.